The molecule has 1 atom stereocenters. The maximum Gasteiger partial charge on any atom is 0.226 e. The molecule has 7 nitrogen and oxygen atoms in total. The Morgan fingerprint density at radius 2 is 1.90 bits per heavy atom. The van der Waals surface area contributed by atoms with E-state index in [0.29, 0.717) is 23.9 Å². The van der Waals surface area contributed by atoms with E-state index >= 15 is 0 Å². The topological polar surface area (TPSA) is 92.3 Å². The molecule has 168 valence electrons. The standard InChI is InChI=1S/C23H32N4O3S/c1-16-20-11-10-19(31(2,29)30)13-21(20)26-23(25-16)27-12-6-9-18(15-27)22(28)24-14-17-7-4-3-5-8-17/h10-11,13,17-18H,3-9,12,14-15H2,1-2H3,(H,24,28). The molecule has 1 aliphatic heterocycles. The monoisotopic (exact) mass is 444 g/mol. The SMILES string of the molecule is Cc1nc(N2CCCC(C(=O)NCC3CCCCC3)C2)nc2cc(S(C)(=O)=O)ccc12. The quantitative estimate of drug-likeness (QED) is 0.761. The summed E-state index contributed by atoms with van der Waals surface area (Å²) in [5.41, 5.74) is 1.43. The molecule has 1 aromatic carbocycles. The van der Waals surface area contributed by atoms with Crippen molar-refractivity contribution in [1.29, 1.82) is 0 Å². The van der Waals surface area contributed by atoms with E-state index in [2.05, 4.69) is 20.2 Å². The number of rotatable bonds is 5. The Balaban J connectivity index is 1.48. The summed E-state index contributed by atoms with van der Waals surface area (Å²) in [6.45, 7) is 4.08. The molecule has 2 aliphatic rings. The average molecular weight is 445 g/mol. The molecule has 1 saturated carbocycles. The van der Waals surface area contributed by atoms with Crippen molar-refractivity contribution >= 4 is 32.6 Å². The van der Waals surface area contributed by atoms with Crippen LogP contribution in [0.25, 0.3) is 10.9 Å². The second-order valence-corrected chi connectivity index (χ2v) is 11.1. The van der Waals surface area contributed by atoms with Gasteiger partial charge in [-0.1, -0.05) is 19.3 Å². The molecule has 1 N–H and O–H groups in total. The van der Waals surface area contributed by atoms with Gasteiger partial charge in [0.2, 0.25) is 11.9 Å². The van der Waals surface area contributed by atoms with E-state index in [9.17, 15) is 13.2 Å². The van der Waals surface area contributed by atoms with Crippen molar-refractivity contribution in [1.82, 2.24) is 15.3 Å². The van der Waals surface area contributed by atoms with Crippen molar-refractivity contribution in [3.8, 4) is 0 Å². The summed E-state index contributed by atoms with van der Waals surface area (Å²) in [6.07, 6.45) is 9.29. The summed E-state index contributed by atoms with van der Waals surface area (Å²) < 4.78 is 23.9. The molecule has 2 fully saturated rings. The van der Waals surface area contributed by atoms with Crippen LogP contribution in [0.3, 0.4) is 0 Å². The molecule has 2 heterocycles. The molecule has 0 radical (unpaired) electrons. The average Bonchev–Trinajstić information content (AvgIpc) is 2.77. The van der Waals surface area contributed by atoms with Gasteiger partial charge in [-0.2, -0.15) is 0 Å². The van der Waals surface area contributed by atoms with E-state index in [-0.39, 0.29) is 16.7 Å². The molecule has 8 heteroatoms. The van der Waals surface area contributed by atoms with E-state index in [0.717, 1.165) is 37.0 Å². The van der Waals surface area contributed by atoms with Crippen molar-refractivity contribution in [2.24, 2.45) is 11.8 Å². The lowest BCUT2D eigenvalue weighted by molar-refractivity contribution is -0.125. The molecular weight excluding hydrogens is 412 g/mol. The minimum Gasteiger partial charge on any atom is -0.356 e. The number of nitrogens with zero attached hydrogens (tertiary/aromatic N) is 3. The van der Waals surface area contributed by atoms with Gasteiger partial charge in [0.05, 0.1) is 22.0 Å². The smallest absolute Gasteiger partial charge is 0.226 e. The Bertz CT molecular complexity index is 1060. The summed E-state index contributed by atoms with van der Waals surface area (Å²) >= 11 is 0. The zero-order valence-electron chi connectivity index (χ0n) is 18.4. The number of carbonyl (C=O) groups excluding carboxylic acids is 1. The number of anilines is 1. The van der Waals surface area contributed by atoms with Crippen LogP contribution in [-0.2, 0) is 14.6 Å². The second kappa shape index (κ2) is 9.10. The van der Waals surface area contributed by atoms with E-state index in [1.807, 2.05) is 6.92 Å². The number of hydrogen-bond acceptors (Lipinski definition) is 6. The first-order chi connectivity index (χ1) is 14.8. The first-order valence-electron chi connectivity index (χ1n) is 11.3. The normalized spacial score (nSPS) is 20.7. The lowest BCUT2D eigenvalue weighted by atomic mass is 9.89. The fourth-order valence-electron chi connectivity index (χ4n) is 4.78. The van der Waals surface area contributed by atoms with Crippen LogP contribution < -0.4 is 10.2 Å². The highest BCUT2D eigenvalue weighted by atomic mass is 32.2. The molecule has 4 rings (SSSR count). The van der Waals surface area contributed by atoms with Gasteiger partial charge in [0.15, 0.2) is 9.84 Å². The highest BCUT2D eigenvalue weighted by molar-refractivity contribution is 7.90. The van der Waals surface area contributed by atoms with Gasteiger partial charge in [-0.25, -0.2) is 18.4 Å². The van der Waals surface area contributed by atoms with Crippen LogP contribution in [0.1, 0.15) is 50.6 Å². The van der Waals surface area contributed by atoms with Gasteiger partial charge < -0.3 is 10.2 Å². The molecule has 1 aliphatic carbocycles. The largest absolute Gasteiger partial charge is 0.356 e. The Labute approximate surface area is 184 Å². The number of aryl methyl sites for hydroxylation is 1. The number of benzene rings is 1. The van der Waals surface area contributed by atoms with Crippen LogP contribution in [0.2, 0.25) is 0 Å². The lowest BCUT2D eigenvalue weighted by Gasteiger charge is -2.32. The third-order valence-electron chi connectivity index (χ3n) is 6.64. The minimum atomic E-state index is -3.31. The van der Waals surface area contributed by atoms with Crippen molar-refractivity contribution in [2.75, 3.05) is 30.8 Å². The van der Waals surface area contributed by atoms with Crippen LogP contribution in [0.15, 0.2) is 23.1 Å². The minimum absolute atomic E-state index is 0.0701. The zero-order chi connectivity index (χ0) is 22.0. The van der Waals surface area contributed by atoms with Crippen molar-refractivity contribution < 1.29 is 13.2 Å². The van der Waals surface area contributed by atoms with Crippen LogP contribution in [-0.4, -0.2) is 50.2 Å². The lowest BCUT2D eigenvalue weighted by Crippen LogP contribution is -2.44. The zero-order valence-corrected chi connectivity index (χ0v) is 19.2. The maximum absolute atomic E-state index is 12.8. The second-order valence-electron chi connectivity index (χ2n) is 9.09. The fraction of sp³-hybridized carbons (Fsp3) is 0.609. The first kappa shape index (κ1) is 22.0. The molecule has 1 amide bonds. The van der Waals surface area contributed by atoms with Gasteiger partial charge >= 0.3 is 0 Å². The van der Waals surface area contributed by atoms with Crippen molar-refractivity contribution in [3.05, 3.63) is 23.9 Å². The molecule has 1 unspecified atom stereocenters. The number of carbonyl (C=O) groups is 1. The number of aromatic nitrogens is 2. The van der Waals surface area contributed by atoms with E-state index in [1.54, 1.807) is 18.2 Å². The Morgan fingerprint density at radius 3 is 2.65 bits per heavy atom. The number of fused-ring (bicyclic) bond motifs is 1. The summed E-state index contributed by atoms with van der Waals surface area (Å²) in [7, 11) is -3.31. The van der Waals surface area contributed by atoms with Crippen LogP contribution in [0, 0.1) is 18.8 Å². The molecule has 2 aromatic rings. The van der Waals surface area contributed by atoms with Crippen molar-refractivity contribution in [3.63, 3.8) is 0 Å². The summed E-state index contributed by atoms with van der Waals surface area (Å²) in [5.74, 6) is 1.25. The van der Waals surface area contributed by atoms with Gasteiger partial charge in [0, 0.05) is 31.3 Å². The van der Waals surface area contributed by atoms with Crippen LogP contribution in [0.5, 0.6) is 0 Å². The fourth-order valence-corrected chi connectivity index (χ4v) is 5.42. The van der Waals surface area contributed by atoms with Gasteiger partial charge in [-0.3, -0.25) is 4.79 Å². The molecule has 1 aromatic heterocycles. The third-order valence-corrected chi connectivity index (χ3v) is 7.75. The highest BCUT2D eigenvalue weighted by Crippen LogP contribution is 2.26. The van der Waals surface area contributed by atoms with Gasteiger partial charge in [0.1, 0.15) is 0 Å². The van der Waals surface area contributed by atoms with Crippen molar-refractivity contribution in [2.45, 2.75) is 56.8 Å². The van der Waals surface area contributed by atoms with Gasteiger partial charge in [0.25, 0.3) is 0 Å². The Morgan fingerprint density at radius 1 is 1.13 bits per heavy atom. The van der Waals surface area contributed by atoms with E-state index < -0.39 is 9.84 Å². The molecule has 0 bridgehead atoms. The first-order valence-corrected chi connectivity index (χ1v) is 13.2. The molecule has 1 saturated heterocycles. The number of amides is 1. The molecule has 0 spiro atoms. The maximum atomic E-state index is 12.8. The highest BCUT2D eigenvalue weighted by Gasteiger charge is 2.28. The van der Waals surface area contributed by atoms with Gasteiger partial charge in [-0.15, -0.1) is 0 Å². The predicted octanol–water partition coefficient (Wildman–Crippen LogP) is 3.25. The van der Waals surface area contributed by atoms with E-state index in [1.165, 1.54) is 38.4 Å². The molecule has 31 heavy (non-hydrogen) atoms. The Kier molecular flexibility index (Phi) is 6.46. The van der Waals surface area contributed by atoms with E-state index in [4.69, 9.17) is 0 Å². The number of nitrogens with one attached hydrogen (secondary N) is 1. The van der Waals surface area contributed by atoms with Crippen LogP contribution >= 0.6 is 0 Å². The summed E-state index contributed by atoms with van der Waals surface area (Å²) in [5, 5.41) is 4.03. The number of piperidine rings is 1. The Hall–Kier alpha value is -2.22. The number of hydrogen-bond donors (Lipinski definition) is 1. The summed E-state index contributed by atoms with van der Waals surface area (Å²) in [4.78, 5) is 24.5. The summed E-state index contributed by atoms with van der Waals surface area (Å²) in [6, 6.07) is 4.98. The van der Waals surface area contributed by atoms with Crippen LogP contribution in [0.4, 0.5) is 5.95 Å². The predicted molar refractivity (Wildman–Crippen MR) is 122 cm³/mol. The molecular formula is C23H32N4O3S. The van der Waals surface area contributed by atoms with Gasteiger partial charge in [-0.05, 0) is 56.7 Å². The third kappa shape index (κ3) is 5.17. The number of sulfone groups is 1.